The summed E-state index contributed by atoms with van der Waals surface area (Å²) >= 11 is 0. The summed E-state index contributed by atoms with van der Waals surface area (Å²) in [6, 6.07) is 1.89. The molecule has 0 saturated carbocycles. The summed E-state index contributed by atoms with van der Waals surface area (Å²) in [6.07, 6.45) is 2.45. The Labute approximate surface area is 96.8 Å². The minimum Gasteiger partial charge on any atom is -0.342 e. The van der Waals surface area contributed by atoms with E-state index >= 15 is 0 Å². The molecule has 0 aromatic heterocycles. The molecule has 0 spiro atoms. The summed E-state index contributed by atoms with van der Waals surface area (Å²) in [7, 11) is 1.94. The largest absolute Gasteiger partial charge is 0.342 e. The van der Waals surface area contributed by atoms with Gasteiger partial charge in [-0.2, -0.15) is 5.26 Å². The average Bonchev–Trinajstić information content (AvgIpc) is 2.27. The molecule has 5 nitrogen and oxygen atoms in total. The molecule has 2 N–H and O–H groups in total. The minimum absolute atomic E-state index is 0.0761. The van der Waals surface area contributed by atoms with Crippen molar-refractivity contribution in [3.63, 3.8) is 0 Å². The Bertz CT molecular complexity index is 255. The minimum atomic E-state index is -0.0761. The number of hydrogen-bond acceptors (Lipinski definition) is 4. The molecule has 1 rings (SSSR count). The highest BCUT2D eigenvalue weighted by molar-refractivity contribution is 5.78. The van der Waals surface area contributed by atoms with Crippen LogP contribution in [0.25, 0.3) is 0 Å². The first kappa shape index (κ1) is 12.9. The number of nitrogens with one attached hydrogen (secondary N) is 2. The van der Waals surface area contributed by atoms with Crippen LogP contribution in [0.5, 0.6) is 0 Å². The van der Waals surface area contributed by atoms with E-state index in [1.165, 1.54) is 12.8 Å². The van der Waals surface area contributed by atoms with Gasteiger partial charge in [0.15, 0.2) is 0 Å². The molecule has 5 heteroatoms. The van der Waals surface area contributed by atoms with Gasteiger partial charge in [0.1, 0.15) is 6.54 Å². The van der Waals surface area contributed by atoms with Crippen molar-refractivity contribution in [1.29, 1.82) is 5.26 Å². The normalized spacial score (nSPS) is 20.4. The zero-order valence-corrected chi connectivity index (χ0v) is 9.83. The predicted molar refractivity (Wildman–Crippen MR) is 61.7 cm³/mol. The van der Waals surface area contributed by atoms with E-state index in [2.05, 4.69) is 10.6 Å². The van der Waals surface area contributed by atoms with Gasteiger partial charge in [-0.3, -0.25) is 9.69 Å². The second-order valence-electron chi connectivity index (χ2n) is 4.34. The van der Waals surface area contributed by atoms with Crippen molar-refractivity contribution < 1.29 is 4.79 Å². The standard InChI is InChI=1S/C11H20N4O/c1-15(9-11(16)14-6-4-12)8-10-3-2-5-13-7-10/h10,13H,2-3,5-9H2,1H3,(H,14,16). The highest BCUT2D eigenvalue weighted by atomic mass is 16.2. The molecule has 0 aromatic carbocycles. The number of rotatable bonds is 5. The molecule has 0 aliphatic carbocycles. The number of piperidine rings is 1. The third-order valence-corrected chi connectivity index (χ3v) is 2.75. The van der Waals surface area contributed by atoms with Crippen LogP contribution in [-0.4, -0.2) is 50.6 Å². The van der Waals surface area contributed by atoms with Crippen LogP contribution in [-0.2, 0) is 4.79 Å². The van der Waals surface area contributed by atoms with Gasteiger partial charge in [-0.15, -0.1) is 0 Å². The van der Waals surface area contributed by atoms with Crippen LogP contribution >= 0.6 is 0 Å². The maximum absolute atomic E-state index is 11.3. The molecule has 1 fully saturated rings. The smallest absolute Gasteiger partial charge is 0.234 e. The van der Waals surface area contributed by atoms with Crippen LogP contribution in [0, 0.1) is 17.2 Å². The molecule has 1 saturated heterocycles. The zero-order valence-electron chi connectivity index (χ0n) is 9.83. The topological polar surface area (TPSA) is 68.2 Å². The summed E-state index contributed by atoms with van der Waals surface area (Å²) in [4.78, 5) is 13.4. The molecular weight excluding hydrogens is 204 g/mol. The number of nitrogens with zero attached hydrogens (tertiary/aromatic N) is 2. The lowest BCUT2D eigenvalue weighted by molar-refractivity contribution is -0.121. The number of carbonyl (C=O) groups excluding carboxylic acids is 1. The monoisotopic (exact) mass is 224 g/mol. The highest BCUT2D eigenvalue weighted by Crippen LogP contribution is 2.10. The van der Waals surface area contributed by atoms with E-state index in [1.807, 2.05) is 18.0 Å². The third-order valence-electron chi connectivity index (χ3n) is 2.75. The molecule has 0 radical (unpaired) electrons. The highest BCUT2D eigenvalue weighted by Gasteiger charge is 2.16. The van der Waals surface area contributed by atoms with Gasteiger partial charge in [-0.1, -0.05) is 0 Å². The van der Waals surface area contributed by atoms with Gasteiger partial charge < -0.3 is 10.6 Å². The summed E-state index contributed by atoms with van der Waals surface area (Å²) in [6.45, 7) is 3.57. The zero-order chi connectivity index (χ0) is 11.8. The first-order chi connectivity index (χ1) is 7.72. The molecule has 0 bridgehead atoms. The van der Waals surface area contributed by atoms with Gasteiger partial charge in [0.25, 0.3) is 0 Å². The Morgan fingerprint density at radius 2 is 2.50 bits per heavy atom. The first-order valence-corrected chi connectivity index (χ1v) is 5.75. The van der Waals surface area contributed by atoms with E-state index in [1.54, 1.807) is 0 Å². The van der Waals surface area contributed by atoms with Gasteiger partial charge in [0, 0.05) is 6.54 Å². The van der Waals surface area contributed by atoms with Crippen molar-refractivity contribution in [2.75, 3.05) is 39.8 Å². The first-order valence-electron chi connectivity index (χ1n) is 5.75. The van der Waals surface area contributed by atoms with Crippen molar-refractivity contribution in [2.45, 2.75) is 12.8 Å². The van der Waals surface area contributed by atoms with Crippen LogP contribution in [0.2, 0.25) is 0 Å². The van der Waals surface area contributed by atoms with Gasteiger partial charge >= 0.3 is 0 Å². The van der Waals surface area contributed by atoms with Crippen molar-refractivity contribution >= 4 is 5.91 Å². The fraction of sp³-hybridized carbons (Fsp3) is 0.818. The van der Waals surface area contributed by atoms with E-state index in [9.17, 15) is 4.79 Å². The SMILES string of the molecule is CN(CC(=O)NCC#N)CC1CCCNC1. The Balaban J connectivity index is 2.16. The van der Waals surface area contributed by atoms with Crippen LogP contribution in [0.1, 0.15) is 12.8 Å². The molecule has 16 heavy (non-hydrogen) atoms. The number of amides is 1. The fourth-order valence-corrected chi connectivity index (χ4v) is 2.02. The lowest BCUT2D eigenvalue weighted by Crippen LogP contribution is -2.41. The second kappa shape index (κ2) is 7.20. The quantitative estimate of drug-likeness (QED) is 0.621. The lowest BCUT2D eigenvalue weighted by Gasteiger charge is -2.27. The Morgan fingerprint density at radius 3 is 3.12 bits per heavy atom. The Kier molecular flexibility index (Phi) is 5.83. The molecule has 1 aliphatic heterocycles. The van der Waals surface area contributed by atoms with Crippen LogP contribution in [0.3, 0.4) is 0 Å². The van der Waals surface area contributed by atoms with Crippen molar-refractivity contribution in [3.05, 3.63) is 0 Å². The Hall–Kier alpha value is -1.12. The molecule has 0 aromatic rings. The van der Waals surface area contributed by atoms with E-state index in [0.717, 1.165) is 19.6 Å². The van der Waals surface area contributed by atoms with Crippen molar-refractivity contribution in [3.8, 4) is 6.07 Å². The number of carbonyl (C=O) groups is 1. The maximum Gasteiger partial charge on any atom is 0.234 e. The number of nitriles is 1. The summed E-state index contributed by atoms with van der Waals surface area (Å²) in [5.41, 5.74) is 0. The molecule has 90 valence electrons. The third kappa shape index (κ3) is 5.10. The number of hydrogen-bond donors (Lipinski definition) is 2. The fourth-order valence-electron chi connectivity index (χ4n) is 2.02. The van der Waals surface area contributed by atoms with E-state index < -0.39 is 0 Å². The van der Waals surface area contributed by atoms with Crippen LogP contribution in [0.15, 0.2) is 0 Å². The molecular formula is C11H20N4O. The van der Waals surface area contributed by atoms with E-state index in [-0.39, 0.29) is 12.5 Å². The van der Waals surface area contributed by atoms with Crippen LogP contribution < -0.4 is 10.6 Å². The van der Waals surface area contributed by atoms with Gasteiger partial charge in [0.05, 0.1) is 12.6 Å². The molecule has 1 aliphatic rings. The van der Waals surface area contributed by atoms with Crippen LogP contribution in [0.4, 0.5) is 0 Å². The average molecular weight is 224 g/mol. The summed E-state index contributed by atoms with van der Waals surface area (Å²) in [5, 5.41) is 14.2. The molecule has 1 heterocycles. The van der Waals surface area contributed by atoms with Crippen molar-refractivity contribution in [2.24, 2.45) is 5.92 Å². The molecule has 1 amide bonds. The Morgan fingerprint density at radius 1 is 1.69 bits per heavy atom. The summed E-state index contributed by atoms with van der Waals surface area (Å²) in [5.74, 6) is 0.565. The van der Waals surface area contributed by atoms with Gasteiger partial charge in [0.2, 0.25) is 5.91 Å². The van der Waals surface area contributed by atoms with Gasteiger partial charge in [-0.05, 0) is 38.9 Å². The molecule has 1 atom stereocenters. The van der Waals surface area contributed by atoms with E-state index in [0.29, 0.717) is 12.5 Å². The maximum atomic E-state index is 11.3. The predicted octanol–water partition coefficient (Wildman–Crippen LogP) is -0.442. The lowest BCUT2D eigenvalue weighted by atomic mass is 9.99. The van der Waals surface area contributed by atoms with Crippen molar-refractivity contribution in [1.82, 2.24) is 15.5 Å². The van der Waals surface area contributed by atoms with Gasteiger partial charge in [-0.25, -0.2) is 0 Å². The number of likely N-dealkylation sites (N-methyl/N-ethyl adjacent to an activating group) is 1. The molecule has 1 unspecified atom stereocenters. The second-order valence-corrected chi connectivity index (χ2v) is 4.34. The summed E-state index contributed by atoms with van der Waals surface area (Å²) < 4.78 is 0. The van der Waals surface area contributed by atoms with E-state index in [4.69, 9.17) is 5.26 Å².